The molecule has 0 spiro atoms. The van der Waals surface area contributed by atoms with Gasteiger partial charge in [-0.15, -0.1) is 11.7 Å². The van der Waals surface area contributed by atoms with Crippen LogP contribution in [-0.2, 0) is 11.3 Å². The minimum absolute atomic E-state index is 0.0913. The van der Waals surface area contributed by atoms with Crippen molar-refractivity contribution in [3.63, 3.8) is 0 Å². The molecule has 3 saturated heterocycles. The zero-order valence-electron chi connectivity index (χ0n) is 16.2. The predicted molar refractivity (Wildman–Crippen MR) is 107 cm³/mol. The SMILES string of the molecule is C=CCN(C)C(=O)[C@H]1CN2CCC1C[C@@H]2Cn1cc(-c2cccc(O)c2)nn1. The third-order valence-electron chi connectivity index (χ3n) is 6.05. The quantitative estimate of drug-likeness (QED) is 0.775. The van der Waals surface area contributed by atoms with Crippen LogP contribution >= 0.6 is 0 Å². The van der Waals surface area contributed by atoms with Crippen LogP contribution in [0, 0.1) is 11.8 Å². The summed E-state index contributed by atoms with van der Waals surface area (Å²) in [5, 5.41) is 18.2. The van der Waals surface area contributed by atoms with Gasteiger partial charge in [0.15, 0.2) is 0 Å². The first-order chi connectivity index (χ1) is 13.5. The summed E-state index contributed by atoms with van der Waals surface area (Å²) in [5.74, 6) is 0.984. The van der Waals surface area contributed by atoms with Crippen LogP contribution in [0.15, 0.2) is 43.1 Å². The van der Waals surface area contributed by atoms with Crippen molar-refractivity contribution in [2.24, 2.45) is 11.8 Å². The number of aromatic nitrogens is 3. The number of nitrogens with zero attached hydrogens (tertiary/aromatic N) is 5. The van der Waals surface area contributed by atoms with Crippen molar-refractivity contribution in [3.8, 4) is 17.0 Å². The van der Waals surface area contributed by atoms with E-state index < -0.39 is 0 Å². The number of hydrogen-bond donors (Lipinski definition) is 1. The Morgan fingerprint density at radius 3 is 3.04 bits per heavy atom. The van der Waals surface area contributed by atoms with Crippen LogP contribution < -0.4 is 0 Å². The highest BCUT2D eigenvalue weighted by molar-refractivity contribution is 5.79. The van der Waals surface area contributed by atoms with Gasteiger partial charge in [0.2, 0.25) is 5.91 Å². The number of fused-ring (bicyclic) bond motifs is 3. The molecular formula is C21H27N5O2. The molecular weight excluding hydrogens is 354 g/mol. The Morgan fingerprint density at radius 1 is 1.46 bits per heavy atom. The smallest absolute Gasteiger partial charge is 0.227 e. The molecule has 1 amide bonds. The highest BCUT2D eigenvalue weighted by atomic mass is 16.3. The van der Waals surface area contributed by atoms with Crippen molar-refractivity contribution < 1.29 is 9.90 Å². The first-order valence-corrected chi connectivity index (χ1v) is 9.84. The molecule has 28 heavy (non-hydrogen) atoms. The standard InChI is InChI=1S/C21H27N5O2/c1-3-8-24(2)21(28)19-13-25-9-7-15(19)10-17(25)12-26-14-20(22-23-26)16-5-4-6-18(27)11-16/h3-6,11,14-15,17,19,27H,1,7-10,12-13H2,2H3/t15?,17-,19+/m1/s1. The summed E-state index contributed by atoms with van der Waals surface area (Å²) in [6.07, 6.45) is 5.80. The van der Waals surface area contributed by atoms with E-state index in [4.69, 9.17) is 0 Å². The van der Waals surface area contributed by atoms with Crippen molar-refractivity contribution in [1.29, 1.82) is 0 Å². The number of aromatic hydroxyl groups is 1. The maximum absolute atomic E-state index is 12.7. The van der Waals surface area contributed by atoms with Gasteiger partial charge in [0.25, 0.3) is 0 Å². The first-order valence-electron chi connectivity index (χ1n) is 9.84. The third kappa shape index (κ3) is 3.67. The summed E-state index contributed by atoms with van der Waals surface area (Å²) in [4.78, 5) is 16.9. The van der Waals surface area contributed by atoms with Gasteiger partial charge in [0.1, 0.15) is 11.4 Å². The second-order valence-electron chi connectivity index (χ2n) is 7.92. The number of piperidine rings is 3. The van der Waals surface area contributed by atoms with Crippen molar-refractivity contribution in [3.05, 3.63) is 43.1 Å². The fraction of sp³-hybridized carbons (Fsp3) is 0.476. The molecule has 7 nitrogen and oxygen atoms in total. The Kier molecular flexibility index (Phi) is 5.17. The molecule has 0 aliphatic carbocycles. The van der Waals surface area contributed by atoms with Crippen LogP contribution in [0.25, 0.3) is 11.3 Å². The average molecular weight is 381 g/mol. The average Bonchev–Trinajstić information content (AvgIpc) is 3.16. The van der Waals surface area contributed by atoms with Crippen LogP contribution in [-0.4, -0.2) is 68.5 Å². The first kappa shape index (κ1) is 18.7. The molecule has 4 heterocycles. The van der Waals surface area contributed by atoms with Gasteiger partial charge in [-0.25, -0.2) is 0 Å². The second kappa shape index (κ2) is 7.75. The molecule has 1 N–H and O–H groups in total. The van der Waals surface area contributed by atoms with Gasteiger partial charge in [-0.2, -0.15) is 0 Å². The van der Waals surface area contributed by atoms with E-state index in [1.807, 2.05) is 24.0 Å². The molecule has 3 aliphatic heterocycles. The fourth-order valence-electron chi connectivity index (χ4n) is 4.58. The van der Waals surface area contributed by atoms with E-state index in [1.165, 1.54) is 0 Å². The van der Waals surface area contributed by atoms with Crippen molar-refractivity contribution in [1.82, 2.24) is 24.8 Å². The maximum atomic E-state index is 12.7. The van der Waals surface area contributed by atoms with Gasteiger partial charge in [0.05, 0.1) is 18.7 Å². The van der Waals surface area contributed by atoms with E-state index in [1.54, 1.807) is 29.2 Å². The van der Waals surface area contributed by atoms with Gasteiger partial charge >= 0.3 is 0 Å². The molecule has 2 bridgehead atoms. The lowest BCUT2D eigenvalue weighted by Gasteiger charge is -2.49. The van der Waals surface area contributed by atoms with Crippen LogP contribution in [0.2, 0.25) is 0 Å². The normalized spacial score (nSPS) is 26.2. The minimum atomic E-state index is 0.0913. The number of likely N-dealkylation sites (N-methyl/N-ethyl adjacent to an activating group) is 1. The molecule has 7 heteroatoms. The number of hydrogen-bond acceptors (Lipinski definition) is 5. The van der Waals surface area contributed by atoms with E-state index >= 15 is 0 Å². The number of carbonyl (C=O) groups is 1. The Morgan fingerprint density at radius 2 is 2.32 bits per heavy atom. The Bertz CT molecular complexity index is 864. The van der Waals surface area contributed by atoms with Gasteiger partial charge in [-0.3, -0.25) is 14.4 Å². The lowest BCUT2D eigenvalue weighted by atomic mass is 9.75. The Hall–Kier alpha value is -2.67. The zero-order valence-corrected chi connectivity index (χ0v) is 16.2. The molecule has 148 valence electrons. The lowest BCUT2D eigenvalue weighted by molar-refractivity contribution is -0.142. The van der Waals surface area contributed by atoms with E-state index in [-0.39, 0.29) is 17.6 Å². The fourth-order valence-corrected chi connectivity index (χ4v) is 4.58. The number of phenols is 1. The summed E-state index contributed by atoms with van der Waals surface area (Å²) in [7, 11) is 1.86. The summed E-state index contributed by atoms with van der Waals surface area (Å²) < 4.78 is 1.88. The third-order valence-corrected chi connectivity index (χ3v) is 6.05. The van der Waals surface area contributed by atoms with Crippen molar-refractivity contribution in [2.75, 3.05) is 26.7 Å². The molecule has 4 atom stereocenters. The molecule has 2 aromatic rings. The highest BCUT2D eigenvalue weighted by Gasteiger charge is 2.44. The van der Waals surface area contributed by atoms with E-state index in [0.29, 0.717) is 18.5 Å². The predicted octanol–water partition coefficient (Wildman–Crippen LogP) is 2.01. The van der Waals surface area contributed by atoms with E-state index in [0.717, 1.165) is 43.7 Å². The number of rotatable bonds is 6. The van der Waals surface area contributed by atoms with Crippen LogP contribution in [0.4, 0.5) is 0 Å². The number of amides is 1. The van der Waals surface area contributed by atoms with Crippen molar-refractivity contribution in [2.45, 2.75) is 25.4 Å². The van der Waals surface area contributed by atoms with Gasteiger partial charge in [-0.05, 0) is 37.4 Å². The Balaban J connectivity index is 1.41. The van der Waals surface area contributed by atoms with Gasteiger partial charge in [-0.1, -0.05) is 23.4 Å². The molecule has 0 radical (unpaired) electrons. The molecule has 0 saturated carbocycles. The van der Waals surface area contributed by atoms with Crippen LogP contribution in [0.1, 0.15) is 12.8 Å². The lowest BCUT2D eigenvalue weighted by Crippen LogP contribution is -2.58. The van der Waals surface area contributed by atoms with E-state index in [2.05, 4.69) is 21.8 Å². The molecule has 1 aromatic carbocycles. The second-order valence-corrected chi connectivity index (χ2v) is 7.92. The molecule has 1 aromatic heterocycles. The number of benzene rings is 1. The summed E-state index contributed by atoms with van der Waals surface area (Å²) >= 11 is 0. The monoisotopic (exact) mass is 381 g/mol. The molecule has 3 aliphatic rings. The van der Waals surface area contributed by atoms with Crippen molar-refractivity contribution >= 4 is 5.91 Å². The molecule has 5 rings (SSSR count). The summed E-state index contributed by atoms with van der Waals surface area (Å²) in [6.45, 7) is 6.96. The zero-order chi connectivity index (χ0) is 19.7. The minimum Gasteiger partial charge on any atom is -0.508 e. The van der Waals surface area contributed by atoms with Crippen LogP contribution in [0.3, 0.4) is 0 Å². The molecule has 2 unspecified atom stereocenters. The van der Waals surface area contributed by atoms with Gasteiger partial charge in [0, 0.05) is 31.7 Å². The molecule has 3 fully saturated rings. The van der Waals surface area contributed by atoms with Crippen LogP contribution in [0.5, 0.6) is 5.75 Å². The maximum Gasteiger partial charge on any atom is 0.227 e. The van der Waals surface area contributed by atoms with E-state index in [9.17, 15) is 9.90 Å². The number of carbonyl (C=O) groups excluding carboxylic acids is 1. The highest BCUT2D eigenvalue weighted by Crippen LogP contribution is 2.37. The number of phenolic OH excluding ortho intramolecular Hbond substituents is 1. The summed E-state index contributed by atoms with van der Waals surface area (Å²) in [5.41, 5.74) is 1.61. The topological polar surface area (TPSA) is 74.5 Å². The summed E-state index contributed by atoms with van der Waals surface area (Å²) in [6, 6.07) is 7.43. The Labute approximate surface area is 165 Å². The largest absolute Gasteiger partial charge is 0.508 e. The van der Waals surface area contributed by atoms with Gasteiger partial charge < -0.3 is 10.0 Å².